The van der Waals surface area contributed by atoms with Gasteiger partial charge in [0, 0.05) is 59.2 Å². The van der Waals surface area contributed by atoms with E-state index in [0.717, 1.165) is 23.9 Å². The Balaban J connectivity index is 1.60. The van der Waals surface area contributed by atoms with Crippen molar-refractivity contribution in [2.75, 3.05) is 32.1 Å². The Morgan fingerprint density at radius 2 is 1.76 bits per heavy atom. The van der Waals surface area contributed by atoms with Crippen molar-refractivity contribution in [1.29, 1.82) is 0 Å². The molecule has 0 aliphatic carbocycles. The number of alkyl halides is 3. The lowest BCUT2D eigenvalue weighted by Crippen LogP contribution is -2.53. The molecule has 0 bridgehead atoms. The second-order valence-electron chi connectivity index (χ2n) is 10.5. The largest absolute Gasteiger partial charge is 0.496 e. The predicted molar refractivity (Wildman–Crippen MR) is 148 cm³/mol. The van der Waals surface area contributed by atoms with Crippen molar-refractivity contribution in [3.05, 3.63) is 71.8 Å². The van der Waals surface area contributed by atoms with E-state index in [9.17, 15) is 27.2 Å². The smallest absolute Gasteiger partial charge is 0.416 e. The highest BCUT2D eigenvalue weighted by atomic mass is 32.2. The van der Waals surface area contributed by atoms with E-state index in [4.69, 9.17) is 9.47 Å². The van der Waals surface area contributed by atoms with Crippen LogP contribution in [0.15, 0.2) is 59.8 Å². The van der Waals surface area contributed by atoms with E-state index < -0.39 is 35.2 Å². The molecule has 1 fully saturated rings. The fraction of sp³-hybridized carbons (Fsp3) is 0.345. The van der Waals surface area contributed by atoms with E-state index in [0.29, 0.717) is 29.9 Å². The molecule has 2 amide bonds. The number of likely N-dealkylation sites (tertiary alicyclic amines) is 1. The van der Waals surface area contributed by atoms with Gasteiger partial charge < -0.3 is 19.3 Å². The number of anilines is 1. The van der Waals surface area contributed by atoms with Crippen LogP contribution >= 0.6 is 11.8 Å². The summed E-state index contributed by atoms with van der Waals surface area (Å²) in [5.41, 5.74) is -0.547. The number of amides is 2. The van der Waals surface area contributed by atoms with Crippen LogP contribution in [0.1, 0.15) is 36.7 Å². The molecule has 2 aromatic carbocycles. The number of benzene rings is 2. The topological polar surface area (TPSA) is 72.0 Å². The molecule has 12 heteroatoms. The maximum Gasteiger partial charge on any atom is 0.416 e. The zero-order chi connectivity index (χ0) is 30.1. The van der Waals surface area contributed by atoms with E-state index in [2.05, 4.69) is 4.98 Å². The molecule has 0 unspecified atom stereocenters. The van der Waals surface area contributed by atoms with Crippen molar-refractivity contribution in [3.8, 4) is 16.9 Å². The summed E-state index contributed by atoms with van der Waals surface area (Å²) in [4.78, 5) is 32.8. The van der Waals surface area contributed by atoms with E-state index in [1.165, 1.54) is 60.6 Å². The number of hydrogen-bond acceptors (Lipinski definition) is 6. The highest BCUT2D eigenvalue weighted by Crippen LogP contribution is 2.39. The van der Waals surface area contributed by atoms with Crippen LogP contribution in [0.3, 0.4) is 0 Å². The van der Waals surface area contributed by atoms with Gasteiger partial charge in [-0.05, 0) is 57.2 Å². The highest BCUT2D eigenvalue weighted by molar-refractivity contribution is 8.00. The first-order valence-corrected chi connectivity index (χ1v) is 13.5. The maximum absolute atomic E-state index is 13.8. The third-order valence-corrected chi connectivity index (χ3v) is 7.34. The number of carbonyl (C=O) groups is 2. The highest BCUT2D eigenvalue weighted by Gasteiger charge is 2.36. The fourth-order valence-electron chi connectivity index (χ4n) is 4.21. The standard InChI is InChI=1S/C29H29F4N3O4S/c1-28(2,3)40-27(38)36-15-21(16-36)41-20-11-17(10-18(12-20)29(31,32)33)26(37)35(4)24-14-34-9-8-22(24)23-7-6-19(30)13-25(23)39-5/h6-14,21H,15-16H2,1-5H3. The number of hydrogen-bond donors (Lipinski definition) is 0. The van der Waals surface area contributed by atoms with Gasteiger partial charge >= 0.3 is 12.3 Å². The molecule has 1 aliphatic heterocycles. The first-order chi connectivity index (χ1) is 19.2. The molecule has 3 aromatic rings. The van der Waals surface area contributed by atoms with Gasteiger partial charge in [0.05, 0.1) is 24.6 Å². The number of halogens is 4. The van der Waals surface area contributed by atoms with E-state index >= 15 is 0 Å². The minimum Gasteiger partial charge on any atom is -0.496 e. The summed E-state index contributed by atoms with van der Waals surface area (Å²) in [6.07, 6.45) is -2.29. The lowest BCUT2D eigenvalue weighted by atomic mass is 10.0. The Morgan fingerprint density at radius 3 is 2.39 bits per heavy atom. The van der Waals surface area contributed by atoms with Crippen LogP contribution in [0.2, 0.25) is 0 Å². The summed E-state index contributed by atoms with van der Waals surface area (Å²) >= 11 is 1.16. The van der Waals surface area contributed by atoms with Crippen LogP contribution in [0.5, 0.6) is 5.75 Å². The quantitative estimate of drug-likeness (QED) is 0.291. The van der Waals surface area contributed by atoms with Gasteiger partial charge in [-0.25, -0.2) is 9.18 Å². The molecule has 0 saturated carbocycles. The summed E-state index contributed by atoms with van der Waals surface area (Å²) in [7, 11) is 2.81. The molecule has 2 heterocycles. The van der Waals surface area contributed by atoms with Crippen molar-refractivity contribution < 1.29 is 36.6 Å². The average molecular weight is 592 g/mol. The number of nitrogens with zero attached hydrogens (tertiary/aromatic N) is 3. The minimum absolute atomic E-state index is 0.164. The molecule has 4 rings (SSSR count). The Labute approximate surface area is 239 Å². The number of pyridine rings is 1. The first-order valence-electron chi connectivity index (χ1n) is 12.6. The Bertz CT molecular complexity index is 1450. The summed E-state index contributed by atoms with van der Waals surface area (Å²) < 4.78 is 65.9. The first kappa shape index (κ1) is 30.2. The summed E-state index contributed by atoms with van der Waals surface area (Å²) in [6, 6.07) is 8.75. The van der Waals surface area contributed by atoms with Crippen molar-refractivity contribution in [3.63, 3.8) is 0 Å². The van der Waals surface area contributed by atoms with Gasteiger partial charge in [-0.3, -0.25) is 9.78 Å². The third-order valence-electron chi connectivity index (χ3n) is 6.20. The van der Waals surface area contributed by atoms with Crippen molar-refractivity contribution in [2.24, 2.45) is 0 Å². The second-order valence-corrected chi connectivity index (χ2v) is 11.8. The molecule has 1 saturated heterocycles. The molecular formula is C29H29F4N3O4S. The van der Waals surface area contributed by atoms with Crippen LogP contribution in [-0.2, 0) is 10.9 Å². The van der Waals surface area contributed by atoms with E-state index in [1.54, 1.807) is 26.8 Å². The van der Waals surface area contributed by atoms with Gasteiger partial charge in [-0.1, -0.05) is 0 Å². The second kappa shape index (κ2) is 11.6. The van der Waals surface area contributed by atoms with E-state index in [-0.39, 0.29) is 21.5 Å². The summed E-state index contributed by atoms with van der Waals surface area (Å²) in [5, 5.41) is -0.164. The summed E-state index contributed by atoms with van der Waals surface area (Å²) in [5.74, 6) is -0.991. The molecule has 218 valence electrons. The molecule has 7 nitrogen and oxygen atoms in total. The van der Waals surface area contributed by atoms with Gasteiger partial charge in [0.1, 0.15) is 17.2 Å². The molecule has 0 spiro atoms. The van der Waals surface area contributed by atoms with Crippen molar-refractivity contribution in [1.82, 2.24) is 9.88 Å². The van der Waals surface area contributed by atoms with Gasteiger partial charge in [0.25, 0.3) is 5.91 Å². The lowest BCUT2D eigenvalue weighted by Gasteiger charge is -2.39. The molecule has 0 radical (unpaired) electrons. The molecule has 1 aromatic heterocycles. The minimum atomic E-state index is -4.69. The molecule has 1 aliphatic rings. The van der Waals surface area contributed by atoms with Gasteiger partial charge in [-0.15, -0.1) is 11.8 Å². The van der Waals surface area contributed by atoms with Crippen LogP contribution in [0.25, 0.3) is 11.1 Å². The number of methoxy groups -OCH3 is 1. The monoisotopic (exact) mass is 591 g/mol. The van der Waals surface area contributed by atoms with E-state index in [1.807, 2.05) is 0 Å². The van der Waals surface area contributed by atoms with Gasteiger partial charge in [0.15, 0.2) is 0 Å². The Kier molecular flexibility index (Phi) is 8.53. The Morgan fingerprint density at radius 1 is 1.05 bits per heavy atom. The molecular weight excluding hydrogens is 562 g/mol. The zero-order valence-corrected chi connectivity index (χ0v) is 23.9. The van der Waals surface area contributed by atoms with Gasteiger partial charge in [-0.2, -0.15) is 13.2 Å². The van der Waals surface area contributed by atoms with Crippen LogP contribution in [-0.4, -0.2) is 60.0 Å². The normalized spacial score (nSPS) is 13.9. The summed E-state index contributed by atoms with van der Waals surface area (Å²) in [6.45, 7) is 5.86. The van der Waals surface area contributed by atoms with Crippen LogP contribution in [0.4, 0.5) is 28.0 Å². The molecule has 41 heavy (non-hydrogen) atoms. The molecule has 0 N–H and O–H groups in total. The lowest BCUT2D eigenvalue weighted by molar-refractivity contribution is -0.137. The number of aromatic nitrogens is 1. The molecule has 0 atom stereocenters. The maximum atomic E-state index is 13.8. The number of ether oxygens (including phenoxy) is 2. The van der Waals surface area contributed by atoms with Crippen molar-refractivity contribution >= 4 is 29.4 Å². The van der Waals surface area contributed by atoms with Crippen LogP contribution in [0, 0.1) is 5.82 Å². The third kappa shape index (κ3) is 7.10. The zero-order valence-electron chi connectivity index (χ0n) is 23.1. The Hall–Kier alpha value is -3.80. The number of rotatable bonds is 6. The number of carbonyl (C=O) groups excluding carboxylic acids is 2. The van der Waals surface area contributed by atoms with Crippen molar-refractivity contribution in [2.45, 2.75) is 42.7 Å². The fourth-order valence-corrected chi connectivity index (χ4v) is 5.49. The SMILES string of the molecule is COc1cc(F)ccc1-c1ccncc1N(C)C(=O)c1cc(SC2CN(C(=O)OC(C)(C)C)C2)cc(C(F)(F)F)c1. The predicted octanol–water partition coefficient (Wildman–Crippen LogP) is 6.90. The van der Waals surface area contributed by atoms with Crippen LogP contribution < -0.4 is 9.64 Å². The number of thioether (sulfide) groups is 1. The van der Waals surface area contributed by atoms with Gasteiger partial charge in [0.2, 0.25) is 0 Å². The average Bonchev–Trinajstić information content (AvgIpc) is 2.87.